The van der Waals surface area contributed by atoms with Crippen molar-refractivity contribution >= 4 is 0 Å². The third-order valence-electron chi connectivity index (χ3n) is 3.30. The Balaban J connectivity index is 1.66. The number of nitrogens with zero attached hydrogens (tertiary/aromatic N) is 3. The number of hydrogen-bond donors (Lipinski definition) is 1. The van der Waals surface area contributed by atoms with Gasteiger partial charge in [0.15, 0.2) is 0 Å². The number of likely N-dealkylation sites (tertiary alicyclic amines) is 1. The molecule has 1 aliphatic rings. The van der Waals surface area contributed by atoms with E-state index < -0.39 is 6.55 Å². The summed E-state index contributed by atoms with van der Waals surface area (Å²) in [5, 5.41) is 3.17. The summed E-state index contributed by atoms with van der Waals surface area (Å²) >= 11 is 0. The van der Waals surface area contributed by atoms with Crippen molar-refractivity contribution in [2.45, 2.75) is 32.4 Å². The summed E-state index contributed by atoms with van der Waals surface area (Å²) in [6, 6.07) is 0. The van der Waals surface area contributed by atoms with Crippen LogP contribution in [0.15, 0.2) is 12.4 Å². The van der Waals surface area contributed by atoms with E-state index in [1.165, 1.54) is 31.7 Å². The predicted molar refractivity (Wildman–Crippen MR) is 65.5 cm³/mol. The summed E-state index contributed by atoms with van der Waals surface area (Å²) in [4.78, 5) is 6.34. The standard InChI is InChI=1S/C12H20F2N4/c13-12(14)18-9-5-16-11(18)10-15-4-8-17-6-2-1-3-7-17/h5,9,12,15H,1-4,6-8,10H2. The summed E-state index contributed by atoms with van der Waals surface area (Å²) in [5.74, 6) is 0.392. The summed E-state index contributed by atoms with van der Waals surface area (Å²) in [6.45, 7) is 2.00. The van der Waals surface area contributed by atoms with Crippen LogP contribution in [0.4, 0.5) is 8.78 Å². The second-order valence-corrected chi connectivity index (χ2v) is 4.61. The van der Waals surface area contributed by atoms with E-state index >= 15 is 0 Å². The van der Waals surface area contributed by atoms with Gasteiger partial charge in [-0.1, -0.05) is 6.42 Å². The molecule has 1 aromatic rings. The number of imidazole rings is 1. The Labute approximate surface area is 106 Å². The number of halogens is 2. The number of hydrogen-bond acceptors (Lipinski definition) is 3. The van der Waals surface area contributed by atoms with Gasteiger partial charge in [0.25, 0.3) is 0 Å². The first-order chi connectivity index (χ1) is 8.77. The maximum Gasteiger partial charge on any atom is 0.319 e. The Morgan fingerprint density at radius 2 is 2.06 bits per heavy atom. The van der Waals surface area contributed by atoms with E-state index in [2.05, 4.69) is 15.2 Å². The number of aromatic nitrogens is 2. The highest BCUT2D eigenvalue weighted by Gasteiger charge is 2.11. The van der Waals surface area contributed by atoms with Crippen LogP contribution in [0.1, 0.15) is 31.6 Å². The van der Waals surface area contributed by atoms with Crippen molar-refractivity contribution in [3.05, 3.63) is 18.2 Å². The molecule has 1 aromatic heterocycles. The van der Waals surface area contributed by atoms with Gasteiger partial charge in [-0.05, 0) is 25.9 Å². The molecule has 1 saturated heterocycles. The lowest BCUT2D eigenvalue weighted by Gasteiger charge is -2.26. The zero-order valence-electron chi connectivity index (χ0n) is 10.5. The van der Waals surface area contributed by atoms with Crippen molar-refractivity contribution < 1.29 is 8.78 Å². The SMILES string of the molecule is FC(F)n1ccnc1CNCCN1CCCCC1. The third-order valence-corrected chi connectivity index (χ3v) is 3.30. The highest BCUT2D eigenvalue weighted by atomic mass is 19.3. The van der Waals surface area contributed by atoms with Crippen molar-refractivity contribution in [1.82, 2.24) is 19.8 Å². The Kier molecular flexibility index (Phi) is 5.07. The first kappa shape index (κ1) is 13.4. The van der Waals surface area contributed by atoms with Crippen LogP contribution in [-0.4, -0.2) is 40.6 Å². The molecular formula is C12H20F2N4. The molecule has 1 aliphatic heterocycles. The van der Waals surface area contributed by atoms with Gasteiger partial charge in [-0.2, -0.15) is 8.78 Å². The van der Waals surface area contributed by atoms with E-state index in [4.69, 9.17) is 0 Å². The van der Waals surface area contributed by atoms with Crippen molar-refractivity contribution in [3.8, 4) is 0 Å². The van der Waals surface area contributed by atoms with Crippen LogP contribution in [0.2, 0.25) is 0 Å². The van der Waals surface area contributed by atoms with Crippen LogP contribution in [0.5, 0.6) is 0 Å². The lowest BCUT2D eigenvalue weighted by Crippen LogP contribution is -2.35. The molecule has 0 saturated carbocycles. The fourth-order valence-electron chi connectivity index (χ4n) is 2.28. The van der Waals surface area contributed by atoms with Crippen molar-refractivity contribution in [2.75, 3.05) is 26.2 Å². The molecule has 1 N–H and O–H groups in total. The molecule has 0 atom stereocenters. The van der Waals surface area contributed by atoms with Crippen molar-refractivity contribution in [3.63, 3.8) is 0 Å². The van der Waals surface area contributed by atoms with Gasteiger partial charge >= 0.3 is 6.55 Å². The van der Waals surface area contributed by atoms with Gasteiger partial charge in [0.1, 0.15) is 5.82 Å². The van der Waals surface area contributed by atoms with Gasteiger partial charge < -0.3 is 10.2 Å². The zero-order valence-corrected chi connectivity index (χ0v) is 10.5. The van der Waals surface area contributed by atoms with Crippen LogP contribution in [0.3, 0.4) is 0 Å². The Morgan fingerprint density at radius 3 is 2.78 bits per heavy atom. The monoisotopic (exact) mass is 258 g/mol. The van der Waals surface area contributed by atoms with Gasteiger partial charge in [-0.15, -0.1) is 0 Å². The molecule has 4 nitrogen and oxygen atoms in total. The molecule has 0 amide bonds. The first-order valence-corrected chi connectivity index (χ1v) is 6.50. The zero-order chi connectivity index (χ0) is 12.8. The highest BCUT2D eigenvalue weighted by molar-refractivity contribution is 4.92. The molecule has 0 aromatic carbocycles. The molecule has 0 unspecified atom stereocenters. The quantitative estimate of drug-likeness (QED) is 0.791. The average Bonchev–Trinajstić information content (AvgIpc) is 2.84. The fraction of sp³-hybridized carbons (Fsp3) is 0.750. The first-order valence-electron chi connectivity index (χ1n) is 6.50. The molecule has 102 valence electrons. The number of rotatable bonds is 6. The fourth-order valence-corrected chi connectivity index (χ4v) is 2.28. The minimum atomic E-state index is -2.51. The summed E-state index contributed by atoms with van der Waals surface area (Å²) in [6.07, 6.45) is 6.60. The van der Waals surface area contributed by atoms with Crippen molar-refractivity contribution in [2.24, 2.45) is 0 Å². The minimum Gasteiger partial charge on any atom is -0.309 e. The van der Waals surface area contributed by atoms with Crippen LogP contribution < -0.4 is 5.32 Å². The second kappa shape index (κ2) is 6.80. The van der Waals surface area contributed by atoms with Crippen molar-refractivity contribution in [1.29, 1.82) is 0 Å². The summed E-state index contributed by atoms with van der Waals surface area (Å²) in [7, 11) is 0. The van der Waals surface area contributed by atoms with E-state index in [9.17, 15) is 8.78 Å². The van der Waals surface area contributed by atoms with Gasteiger partial charge in [0, 0.05) is 25.5 Å². The van der Waals surface area contributed by atoms with Crippen LogP contribution >= 0.6 is 0 Å². The molecule has 1 fully saturated rings. The molecular weight excluding hydrogens is 238 g/mol. The third kappa shape index (κ3) is 3.74. The lowest BCUT2D eigenvalue weighted by molar-refractivity contribution is 0.0666. The predicted octanol–water partition coefficient (Wildman–Crippen LogP) is 1.85. The van der Waals surface area contributed by atoms with Crippen LogP contribution in [-0.2, 0) is 6.54 Å². The molecule has 0 radical (unpaired) electrons. The maximum absolute atomic E-state index is 12.5. The lowest BCUT2D eigenvalue weighted by atomic mass is 10.1. The van der Waals surface area contributed by atoms with Crippen LogP contribution in [0, 0.1) is 0 Å². The molecule has 6 heteroatoms. The number of alkyl halides is 2. The van der Waals surface area contributed by atoms with E-state index in [0.29, 0.717) is 12.4 Å². The largest absolute Gasteiger partial charge is 0.319 e. The van der Waals surface area contributed by atoms with Gasteiger partial charge in [-0.25, -0.2) is 4.98 Å². The maximum atomic E-state index is 12.5. The molecule has 0 bridgehead atoms. The average molecular weight is 258 g/mol. The van der Waals surface area contributed by atoms with E-state index in [-0.39, 0.29) is 0 Å². The topological polar surface area (TPSA) is 33.1 Å². The van der Waals surface area contributed by atoms with Gasteiger partial charge in [0.2, 0.25) is 0 Å². The minimum absolute atomic E-state index is 0.392. The Hall–Kier alpha value is -1.01. The molecule has 2 rings (SSSR count). The van der Waals surface area contributed by atoms with Gasteiger partial charge in [-0.3, -0.25) is 4.57 Å². The summed E-state index contributed by atoms with van der Waals surface area (Å²) in [5.41, 5.74) is 0. The Morgan fingerprint density at radius 1 is 1.28 bits per heavy atom. The molecule has 0 aliphatic carbocycles. The Bertz CT molecular complexity index is 348. The van der Waals surface area contributed by atoms with Gasteiger partial charge in [0.05, 0.1) is 6.54 Å². The second-order valence-electron chi connectivity index (χ2n) is 4.61. The number of piperidine rings is 1. The molecule has 0 spiro atoms. The smallest absolute Gasteiger partial charge is 0.309 e. The highest BCUT2D eigenvalue weighted by Crippen LogP contribution is 2.12. The molecule has 2 heterocycles. The van der Waals surface area contributed by atoms with E-state index in [1.807, 2.05) is 0 Å². The van der Waals surface area contributed by atoms with E-state index in [1.54, 1.807) is 0 Å². The van der Waals surface area contributed by atoms with E-state index in [0.717, 1.165) is 30.7 Å². The summed E-state index contributed by atoms with van der Waals surface area (Å²) < 4.78 is 26.0. The number of nitrogens with one attached hydrogen (secondary N) is 1. The normalized spacial score (nSPS) is 17.5. The van der Waals surface area contributed by atoms with Crippen LogP contribution in [0.25, 0.3) is 0 Å². The molecule has 18 heavy (non-hydrogen) atoms.